The Balaban J connectivity index is 2.00. The molecular formula is C36H75N3. The largest absolute Gasteiger partial charge is 0.317 e. The van der Waals surface area contributed by atoms with E-state index < -0.39 is 0 Å². The Labute approximate surface area is 247 Å². The number of hydrogen-bond acceptors (Lipinski definition) is 3. The quantitative estimate of drug-likeness (QED) is 0.281. The van der Waals surface area contributed by atoms with Crippen molar-refractivity contribution in [3.63, 3.8) is 0 Å². The van der Waals surface area contributed by atoms with E-state index >= 15 is 0 Å². The van der Waals surface area contributed by atoms with Crippen molar-refractivity contribution < 1.29 is 0 Å². The van der Waals surface area contributed by atoms with Gasteiger partial charge in [-0.05, 0) is 77.8 Å². The fraction of sp³-hybridized carbons (Fsp3) is 1.00. The third kappa shape index (κ3) is 32.3. The topological polar surface area (TPSA) is 36.1 Å². The second-order valence-corrected chi connectivity index (χ2v) is 12.9. The minimum Gasteiger partial charge on any atom is -0.317 e. The summed E-state index contributed by atoms with van der Waals surface area (Å²) >= 11 is 0. The molecule has 1 heterocycles. The van der Waals surface area contributed by atoms with Crippen LogP contribution in [0.1, 0.15) is 193 Å². The first kappa shape index (κ1) is 36.9. The van der Waals surface area contributed by atoms with Gasteiger partial charge in [0.15, 0.2) is 0 Å². The smallest absolute Gasteiger partial charge is 0.00489 e. The third-order valence-corrected chi connectivity index (χ3v) is 8.87. The molecule has 0 bridgehead atoms. The van der Waals surface area contributed by atoms with Gasteiger partial charge in [-0.15, -0.1) is 0 Å². The van der Waals surface area contributed by atoms with Crippen LogP contribution in [0, 0.1) is 0 Å². The average Bonchev–Trinajstić information content (AvgIpc) is 2.95. The van der Waals surface area contributed by atoms with Gasteiger partial charge in [0, 0.05) is 0 Å². The highest BCUT2D eigenvalue weighted by atomic mass is 14.8. The summed E-state index contributed by atoms with van der Waals surface area (Å²) in [6.45, 7) is 7.44. The molecule has 0 aliphatic carbocycles. The van der Waals surface area contributed by atoms with E-state index in [2.05, 4.69) is 16.0 Å². The molecule has 1 saturated heterocycles. The summed E-state index contributed by atoms with van der Waals surface area (Å²) < 4.78 is 0. The molecule has 1 fully saturated rings. The summed E-state index contributed by atoms with van der Waals surface area (Å²) in [5, 5.41) is 11.0. The van der Waals surface area contributed by atoms with E-state index in [1.54, 1.807) is 0 Å². The zero-order valence-electron chi connectivity index (χ0n) is 27.0. The third-order valence-electron chi connectivity index (χ3n) is 8.87. The Kier molecular flexibility index (Phi) is 32.3. The monoisotopic (exact) mass is 550 g/mol. The van der Waals surface area contributed by atoms with E-state index in [0.717, 1.165) is 0 Å². The van der Waals surface area contributed by atoms with Crippen molar-refractivity contribution in [2.75, 3.05) is 39.3 Å². The molecule has 0 unspecified atom stereocenters. The second-order valence-electron chi connectivity index (χ2n) is 12.9. The molecule has 0 radical (unpaired) electrons. The van der Waals surface area contributed by atoms with Crippen molar-refractivity contribution in [2.24, 2.45) is 0 Å². The van der Waals surface area contributed by atoms with Crippen LogP contribution in [0.2, 0.25) is 0 Å². The Morgan fingerprint density at radius 1 is 0.128 bits per heavy atom. The summed E-state index contributed by atoms with van der Waals surface area (Å²) in [5.41, 5.74) is 0. The maximum atomic E-state index is 3.68. The van der Waals surface area contributed by atoms with Gasteiger partial charge in [0.1, 0.15) is 0 Å². The van der Waals surface area contributed by atoms with Crippen molar-refractivity contribution in [1.82, 2.24) is 16.0 Å². The van der Waals surface area contributed by atoms with Gasteiger partial charge in [-0.3, -0.25) is 0 Å². The van der Waals surface area contributed by atoms with Gasteiger partial charge in [0.05, 0.1) is 0 Å². The molecule has 1 aliphatic rings. The van der Waals surface area contributed by atoms with Crippen LogP contribution in [-0.2, 0) is 0 Å². The maximum Gasteiger partial charge on any atom is -0.00489 e. The van der Waals surface area contributed by atoms with Crippen LogP contribution in [-0.4, -0.2) is 39.3 Å². The van der Waals surface area contributed by atoms with Crippen molar-refractivity contribution in [2.45, 2.75) is 193 Å². The van der Waals surface area contributed by atoms with Crippen LogP contribution >= 0.6 is 0 Å². The van der Waals surface area contributed by atoms with Crippen molar-refractivity contribution in [3.05, 3.63) is 0 Å². The normalized spacial score (nSPS) is 24.0. The van der Waals surface area contributed by atoms with Gasteiger partial charge in [0.2, 0.25) is 0 Å². The standard InChI is InChI=1S/C36H75N3/c1-2-8-14-20-26-32-38-34-28-22-16-10-5-6-12-18-24-30-36-39-35-29-23-17-11-4-3-9-15-21-27-33-37-31-25-19-13-7-1/h37-39H,1-36H2. The summed E-state index contributed by atoms with van der Waals surface area (Å²) in [5.74, 6) is 0. The molecule has 0 aromatic carbocycles. The fourth-order valence-corrected chi connectivity index (χ4v) is 6.12. The molecule has 1 aliphatic heterocycles. The van der Waals surface area contributed by atoms with Crippen molar-refractivity contribution in [1.29, 1.82) is 0 Å². The SMILES string of the molecule is C1CCCCCCNCCCCCCCCCCCCNCCCCCCCCCCCCNCCCCC1. The highest BCUT2D eigenvalue weighted by molar-refractivity contribution is 4.56. The van der Waals surface area contributed by atoms with E-state index in [9.17, 15) is 0 Å². The van der Waals surface area contributed by atoms with Crippen LogP contribution in [0.3, 0.4) is 0 Å². The van der Waals surface area contributed by atoms with Gasteiger partial charge in [-0.2, -0.15) is 0 Å². The summed E-state index contributed by atoms with van der Waals surface area (Å²) in [7, 11) is 0. The average molecular weight is 550 g/mol. The summed E-state index contributed by atoms with van der Waals surface area (Å²) in [6, 6.07) is 0. The van der Waals surface area contributed by atoms with Crippen LogP contribution < -0.4 is 16.0 Å². The maximum absolute atomic E-state index is 3.68. The molecule has 0 spiro atoms. The van der Waals surface area contributed by atoms with Gasteiger partial charge in [0.25, 0.3) is 0 Å². The fourth-order valence-electron chi connectivity index (χ4n) is 6.12. The minimum absolute atomic E-state index is 1.24. The van der Waals surface area contributed by atoms with Gasteiger partial charge >= 0.3 is 0 Å². The summed E-state index contributed by atoms with van der Waals surface area (Å²) in [4.78, 5) is 0. The number of nitrogens with one attached hydrogen (secondary N) is 3. The first-order valence-corrected chi connectivity index (χ1v) is 18.6. The Hall–Kier alpha value is -0.120. The molecule has 0 amide bonds. The predicted octanol–water partition coefficient (Wildman–Crippen LogP) is 10.5. The molecule has 0 aromatic rings. The number of hydrogen-bond donors (Lipinski definition) is 3. The van der Waals surface area contributed by atoms with Gasteiger partial charge in [-0.1, -0.05) is 154 Å². The van der Waals surface area contributed by atoms with Crippen LogP contribution in [0.4, 0.5) is 0 Å². The lowest BCUT2D eigenvalue weighted by molar-refractivity contribution is 0.518. The molecule has 39 heavy (non-hydrogen) atoms. The van der Waals surface area contributed by atoms with E-state index in [0.29, 0.717) is 0 Å². The molecular weight excluding hydrogens is 474 g/mol. The summed E-state index contributed by atoms with van der Waals surface area (Å²) in [6.07, 6.45) is 43.0. The first-order valence-electron chi connectivity index (χ1n) is 18.6. The molecule has 3 N–H and O–H groups in total. The van der Waals surface area contributed by atoms with Crippen LogP contribution in [0.25, 0.3) is 0 Å². The lowest BCUT2D eigenvalue weighted by Gasteiger charge is -2.06. The second kappa shape index (κ2) is 34.1. The molecule has 0 atom stereocenters. The van der Waals surface area contributed by atoms with E-state index in [4.69, 9.17) is 0 Å². The number of rotatable bonds is 0. The highest BCUT2D eigenvalue weighted by Gasteiger charge is 1.97. The van der Waals surface area contributed by atoms with Gasteiger partial charge in [-0.25, -0.2) is 0 Å². The van der Waals surface area contributed by atoms with Crippen LogP contribution in [0.5, 0.6) is 0 Å². The van der Waals surface area contributed by atoms with Gasteiger partial charge < -0.3 is 16.0 Å². The van der Waals surface area contributed by atoms with Crippen molar-refractivity contribution in [3.8, 4) is 0 Å². The Morgan fingerprint density at radius 2 is 0.231 bits per heavy atom. The Morgan fingerprint density at radius 3 is 0.359 bits per heavy atom. The molecule has 234 valence electrons. The van der Waals surface area contributed by atoms with E-state index in [1.807, 2.05) is 0 Å². The molecule has 3 nitrogen and oxygen atoms in total. The predicted molar refractivity (Wildman–Crippen MR) is 177 cm³/mol. The van der Waals surface area contributed by atoms with E-state index in [1.165, 1.54) is 232 Å². The highest BCUT2D eigenvalue weighted by Crippen LogP contribution is 2.13. The lowest BCUT2D eigenvalue weighted by Crippen LogP contribution is -2.16. The zero-order valence-corrected chi connectivity index (χ0v) is 27.0. The van der Waals surface area contributed by atoms with Crippen molar-refractivity contribution >= 4 is 0 Å². The zero-order chi connectivity index (χ0) is 27.6. The lowest BCUT2D eigenvalue weighted by atomic mass is 10.1. The molecule has 1 rings (SSSR count). The molecule has 0 saturated carbocycles. The minimum atomic E-state index is 1.24. The molecule has 0 aromatic heterocycles. The first-order chi connectivity index (χ1) is 19.5. The van der Waals surface area contributed by atoms with E-state index in [-0.39, 0.29) is 0 Å². The van der Waals surface area contributed by atoms with Crippen LogP contribution in [0.15, 0.2) is 0 Å². The Bertz CT molecular complexity index is 221. The molecule has 3 heteroatoms.